The highest BCUT2D eigenvalue weighted by molar-refractivity contribution is 5.75. The molecule has 0 saturated heterocycles. The van der Waals surface area contributed by atoms with Crippen molar-refractivity contribution in [2.45, 2.75) is 0 Å². The lowest BCUT2D eigenvalue weighted by molar-refractivity contribution is 0.111. The molecule has 0 aromatic carbocycles. The molecule has 2 heterocycles. The van der Waals surface area contributed by atoms with Crippen molar-refractivity contribution in [3.63, 3.8) is 0 Å². The SMILES string of the molecule is COc1ccnc(/C=C/c2ccc(C=O)[nH]2)c1. The molecule has 0 aliphatic rings. The van der Waals surface area contributed by atoms with E-state index in [2.05, 4.69) is 9.97 Å². The maximum Gasteiger partial charge on any atom is 0.166 e. The zero-order valence-corrected chi connectivity index (χ0v) is 9.38. The molecule has 0 unspecified atom stereocenters. The molecule has 0 fully saturated rings. The summed E-state index contributed by atoms with van der Waals surface area (Å²) in [5.41, 5.74) is 2.21. The first-order chi connectivity index (χ1) is 8.31. The van der Waals surface area contributed by atoms with Gasteiger partial charge in [-0.2, -0.15) is 0 Å². The van der Waals surface area contributed by atoms with E-state index in [1.54, 1.807) is 25.4 Å². The molecule has 17 heavy (non-hydrogen) atoms. The van der Waals surface area contributed by atoms with Crippen LogP contribution >= 0.6 is 0 Å². The maximum absolute atomic E-state index is 10.5. The van der Waals surface area contributed by atoms with Gasteiger partial charge in [0.15, 0.2) is 6.29 Å². The van der Waals surface area contributed by atoms with Gasteiger partial charge in [0, 0.05) is 18.0 Å². The van der Waals surface area contributed by atoms with Gasteiger partial charge in [0.1, 0.15) is 5.75 Å². The van der Waals surface area contributed by atoms with Crippen molar-refractivity contribution in [2.24, 2.45) is 0 Å². The summed E-state index contributed by atoms with van der Waals surface area (Å²) in [6, 6.07) is 7.18. The van der Waals surface area contributed by atoms with Crippen LogP contribution in [0, 0.1) is 0 Å². The highest BCUT2D eigenvalue weighted by atomic mass is 16.5. The predicted octanol–water partition coefficient (Wildman–Crippen LogP) is 2.40. The van der Waals surface area contributed by atoms with Gasteiger partial charge < -0.3 is 9.72 Å². The second kappa shape index (κ2) is 5.12. The molecule has 0 aliphatic carbocycles. The second-order valence-corrected chi connectivity index (χ2v) is 3.44. The van der Waals surface area contributed by atoms with Gasteiger partial charge in [-0.15, -0.1) is 0 Å². The number of nitrogens with one attached hydrogen (secondary N) is 1. The van der Waals surface area contributed by atoms with Crippen molar-refractivity contribution < 1.29 is 9.53 Å². The molecule has 1 N–H and O–H groups in total. The van der Waals surface area contributed by atoms with Gasteiger partial charge >= 0.3 is 0 Å². The number of aromatic nitrogens is 2. The van der Waals surface area contributed by atoms with Crippen LogP contribution in [0.5, 0.6) is 5.75 Å². The molecule has 0 radical (unpaired) electrons. The minimum Gasteiger partial charge on any atom is -0.497 e. The normalized spacial score (nSPS) is 10.6. The molecule has 4 nitrogen and oxygen atoms in total. The summed E-state index contributed by atoms with van der Waals surface area (Å²) >= 11 is 0. The fraction of sp³-hybridized carbons (Fsp3) is 0.0769. The van der Waals surface area contributed by atoms with E-state index >= 15 is 0 Å². The van der Waals surface area contributed by atoms with Crippen molar-refractivity contribution in [1.82, 2.24) is 9.97 Å². The van der Waals surface area contributed by atoms with Crippen LogP contribution in [-0.2, 0) is 0 Å². The first-order valence-corrected chi connectivity index (χ1v) is 5.14. The summed E-state index contributed by atoms with van der Waals surface area (Å²) in [6.07, 6.45) is 6.17. The van der Waals surface area contributed by atoms with Crippen molar-refractivity contribution in [3.05, 3.63) is 47.5 Å². The Balaban J connectivity index is 2.16. The third-order valence-electron chi connectivity index (χ3n) is 2.28. The van der Waals surface area contributed by atoms with Gasteiger partial charge in [0.05, 0.1) is 18.5 Å². The average molecular weight is 228 g/mol. The lowest BCUT2D eigenvalue weighted by Crippen LogP contribution is -1.85. The number of carbonyl (C=O) groups is 1. The van der Waals surface area contributed by atoms with Gasteiger partial charge in [-0.05, 0) is 30.4 Å². The lowest BCUT2D eigenvalue weighted by atomic mass is 10.3. The number of pyridine rings is 1. The third-order valence-corrected chi connectivity index (χ3v) is 2.28. The topological polar surface area (TPSA) is 55.0 Å². The molecule has 0 amide bonds. The number of aldehydes is 1. The summed E-state index contributed by atoms with van der Waals surface area (Å²) in [7, 11) is 1.62. The molecule has 4 heteroatoms. The molecule has 0 saturated carbocycles. The predicted molar refractivity (Wildman–Crippen MR) is 65.9 cm³/mol. The number of carbonyl (C=O) groups excluding carboxylic acids is 1. The van der Waals surface area contributed by atoms with Gasteiger partial charge in [-0.1, -0.05) is 0 Å². The summed E-state index contributed by atoms with van der Waals surface area (Å²) in [6.45, 7) is 0. The Hall–Kier alpha value is -2.36. The van der Waals surface area contributed by atoms with Gasteiger partial charge in [0.25, 0.3) is 0 Å². The highest BCUT2D eigenvalue weighted by Gasteiger charge is 1.95. The molecule has 2 aromatic rings. The van der Waals surface area contributed by atoms with Crippen LogP contribution in [0.2, 0.25) is 0 Å². The lowest BCUT2D eigenvalue weighted by Gasteiger charge is -1.98. The fourth-order valence-electron chi connectivity index (χ4n) is 1.42. The van der Waals surface area contributed by atoms with E-state index in [-0.39, 0.29) is 0 Å². The zero-order chi connectivity index (χ0) is 12.1. The molecule has 0 bridgehead atoms. The van der Waals surface area contributed by atoms with Crippen molar-refractivity contribution >= 4 is 18.4 Å². The molecule has 0 spiro atoms. The molecule has 2 rings (SSSR count). The number of rotatable bonds is 4. The van der Waals surface area contributed by atoms with E-state index in [1.165, 1.54) is 0 Å². The second-order valence-electron chi connectivity index (χ2n) is 3.44. The maximum atomic E-state index is 10.5. The van der Waals surface area contributed by atoms with Crippen LogP contribution in [-0.4, -0.2) is 23.4 Å². The quantitative estimate of drug-likeness (QED) is 0.817. The third kappa shape index (κ3) is 2.81. The number of hydrogen-bond donors (Lipinski definition) is 1. The minimum absolute atomic E-state index is 0.559. The molecule has 0 atom stereocenters. The van der Waals surface area contributed by atoms with Crippen LogP contribution in [0.3, 0.4) is 0 Å². The van der Waals surface area contributed by atoms with E-state index in [0.717, 1.165) is 23.4 Å². The molecular weight excluding hydrogens is 216 g/mol. The smallest absolute Gasteiger partial charge is 0.166 e. The molecule has 86 valence electrons. The number of aromatic amines is 1. The van der Waals surface area contributed by atoms with Crippen LogP contribution < -0.4 is 4.74 Å². The summed E-state index contributed by atoms with van der Waals surface area (Å²) < 4.78 is 5.10. The summed E-state index contributed by atoms with van der Waals surface area (Å²) in [5.74, 6) is 0.764. The van der Waals surface area contributed by atoms with Crippen LogP contribution in [0.1, 0.15) is 21.9 Å². The average Bonchev–Trinajstić information content (AvgIpc) is 2.84. The Morgan fingerprint density at radius 2 is 2.06 bits per heavy atom. The van der Waals surface area contributed by atoms with Crippen LogP contribution in [0.15, 0.2) is 30.5 Å². The van der Waals surface area contributed by atoms with Crippen LogP contribution in [0.4, 0.5) is 0 Å². The summed E-state index contributed by atoms with van der Waals surface area (Å²) in [4.78, 5) is 17.6. The van der Waals surface area contributed by atoms with Crippen molar-refractivity contribution in [1.29, 1.82) is 0 Å². The molecule has 0 aliphatic heterocycles. The van der Waals surface area contributed by atoms with E-state index < -0.39 is 0 Å². The molecular formula is C13H12N2O2. The first kappa shape index (κ1) is 11.1. The Kier molecular flexibility index (Phi) is 3.35. The van der Waals surface area contributed by atoms with Gasteiger partial charge in [0.2, 0.25) is 0 Å². The number of methoxy groups -OCH3 is 1. The molecule has 2 aromatic heterocycles. The monoisotopic (exact) mass is 228 g/mol. The van der Waals surface area contributed by atoms with Gasteiger partial charge in [-0.3, -0.25) is 9.78 Å². The Morgan fingerprint density at radius 3 is 2.76 bits per heavy atom. The first-order valence-electron chi connectivity index (χ1n) is 5.14. The number of hydrogen-bond acceptors (Lipinski definition) is 3. The number of H-pyrrole nitrogens is 1. The number of ether oxygens (including phenoxy) is 1. The number of nitrogens with zero attached hydrogens (tertiary/aromatic N) is 1. The highest BCUT2D eigenvalue weighted by Crippen LogP contribution is 2.12. The Morgan fingerprint density at radius 1 is 1.24 bits per heavy atom. The van der Waals surface area contributed by atoms with E-state index in [4.69, 9.17) is 4.74 Å². The fourth-order valence-corrected chi connectivity index (χ4v) is 1.42. The van der Waals surface area contributed by atoms with E-state index in [1.807, 2.05) is 24.3 Å². The van der Waals surface area contributed by atoms with Crippen LogP contribution in [0.25, 0.3) is 12.2 Å². The van der Waals surface area contributed by atoms with Crippen molar-refractivity contribution in [2.75, 3.05) is 7.11 Å². The standard InChI is InChI=1S/C13H12N2O2/c1-17-13-6-7-14-11(8-13)4-2-10-3-5-12(9-16)15-10/h2-9,15H,1H3/b4-2+. The van der Waals surface area contributed by atoms with E-state index in [0.29, 0.717) is 5.69 Å². The summed E-state index contributed by atoms with van der Waals surface area (Å²) in [5, 5.41) is 0. The largest absolute Gasteiger partial charge is 0.497 e. The Labute approximate surface area is 99.0 Å². The zero-order valence-electron chi connectivity index (χ0n) is 9.38. The Bertz CT molecular complexity index is 544. The van der Waals surface area contributed by atoms with Gasteiger partial charge in [-0.25, -0.2) is 0 Å². The minimum atomic E-state index is 0.559. The van der Waals surface area contributed by atoms with E-state index in [9.17, 15) is 4.79 Å². The van der Waals surface area contributed by atoms with Crippen molar-refractivity contribution in [3.8, 4) is 5.75 Å².